The molecular formula is C10H15NO. The number of aromatic nitrogens is 1. The van der Waals surface area contributed by atoms with Crippen molar-refractivity contribution in [3.63, 3.8) is 0 Å². The molecule has 1 N–H and O–H groups in total. The van der Waals surface area contributed by atoms with Gasteiger partial charge in [-0.25, -0.2) is 0 Å². The summed E-state index contributed by atoms with van der Waals surface area (Å²) in [6.45, 7) is 2.40. The monoisotopic (exact) mass is 165 g/mol. The maximum Gasteiger partial charge on any atom is 0.0433 e. The highest BCUT2D eigenvalue weighted by Gasteiger charge is 2.02. The lowest BCUT2D eigenvalue weighted by Crippen LogP contribution is -2.03. The van der Waals surface area contributed by atoms with Crippen molar-refractivity contribution in [2.24, 2.45) is 5.92 Å². The normalized spacial score (nSPS) is 12.8. The Morgan fingerprint density at radius 1 is 1.50 bits per heavy atom. The molecule has 1 heterocycles. The highest BCUT2D eigenvalue weighted by Crippen LogP contribution is 2.08. The molecule has 12 heavy (non-hydrogen) atoms. The second-order valence-corrected chi connectivity index (χ2v) is 3.14. The summed E-state index contributed by atoms with van der Waals surface area (Å²) in [5.41, 5.74) is 1.11. The van der Waals surface area contributed by atoms with Gasteiger partial charge in [0.05, 0.1) is 0 Å². The molecule has 66 valence electrons. The zero-order valence-corrected chi connectivity index (χ0v) is 7.40. The molecule has 1 unspecified atom stereocenters. The lowest BCUT2D eigenvalue weighted by Gasteiger charge is -2.07. The van der Waals surface area contributed by atoms with Gasteiger partial charge < -0.3 is 5.11 Å². The summed E-state index contributed by atoms with van der Waals surface area (Å²) in [6, 6.07) is 5.93. The largest absolute Gasteiger partial charge is 0.396 e. The lowest BCUT2D eigenvalue weighted by molar-refractivity contribution is 0.262. The molecule has 1 rings (SSSR count). The van der Waals surface area contributed by atoms with Gasteiger partial charge in [0.2, 0.25) is 0 Å². The van der Waals surface area contributed by atoms with E-state index in [9.17, 15) is 0 Å². The molecule has 1 atom stereocenters. The van der Waals surface area contributed by atoms with Crippen LogP contribution in [-0.4, -0.2) is 16.7 Å². The minimum absolute atomic E-state index is 0.272. The third kappa shape index (κ3) is 3.01. The van der Waals surface area contributed by atoms with Gasteiger partial charge in [-0.05, 0) is 30.9 Å². The van der Waals surface area contributed by atoms with Crippen LogP contribution in [0.4, 0.5) is 0 Å². The van der Waals surface area contributed by atoms with Gasteiger partial charge in [0.1, 0.15) is 0 Å². The first kappa shape index (κ1) is 9.20. The number of rotatable bonds is 4. The zero-order chi connectivity index (χ0) is 8.81. The Bertz CT molecular complexity index is 210. The van der Waals surface area contributed by atoms with Crippen molar-refractivity contribution in [2.45, 2.75) is 19.8 Å². The summed E-state index contributed by atoms with van der Waals surface area (Å²) in [4.78, 5) is 4.22. The molecular weight excluding hydrogens is 150 g/mol. The summed E-state index contributed by atoms with van der Waals surface area (Å²) in [5, 5.41) is 8.69. The topological polar surface area (TPSA) is 33.1 Å². The first-order valence-electron chi connectivity index (χ1n) is 4.33. The Morgan fingerprint density at radius 3 is 2.92 bits per heavy atom. The second kappa shape index (κ2) is 4.88. The summed E-state index contributed by atoms with van der Waals surface area (Å²) >= 11 is 0. The van der Waals surface area contributed by atoms with E-state index in [4.69, 9.17) is 5.11 Å². The molecule has 0 saturated carbocycles. The SMILES string of the molecule is CC(CCO)Cc1ccccn1. The van der Waals surface area contributed by atoms with E-state index in [2.05, 4.69) is 11.9 Å². The van der Waals surface area contributed by atoms with Gasteiger partial charge in [0, 0.05) is 18.5 Å². The molecule has 0 amide bonds. The molecule has 0 aliphatic carbocycles. The predicted octanol–water partition coefficient (Wildman–Crippen LogP) is 1.64. The molecule has 1 aromatic heterocycles. The maximum absolute atomic E-state index is 8.69. The third-order valence-corrected chi connectivity index (χ3v) is 1.91. The number of hydrogen-bond acceptors (Lipinski definition) is 2. The minimum Gasteiger partial charge on any atom is -0.396 e. The number of aliphatic hydroxyl groups is 1. The van der Waals surface area contributed by atoms with Crippen LogP contribution in [0.1, 0.15) is 19.0 Å². The van der Waals surface area contributed by atoms with Gasteiger partial charge >= 0.3 is 0 Å². The Morgan fingerprint density at radius 2 is 2.33 bits per heavy atom. The van der Waals surface area contributed by atoms with Crippen LogP contribution < -0.4 is 0 Å². The fourth-order valence-corrected chi connectivity index (χ4v) is 1.20. The van der Waals surface area contributed by atoms with Crippen molar-refractivity contribution >= 4 is 0 Å². The fourth-order valence-electron chi connectivity index (χ4n) is 1.20. The fraction of sp³-hybridized carbons (Fsp3) is 0.500. The van der Waals surface area contributed by atoms with E-state index in [1.807, 2.05) is 18.2 Å². The van der Waals surface area contributed by atoms with E-state index in [0.717, 1.165) is 18.5 Å². The molecule has 1 aromatic rings. The van der Waals surface area contributed by atoms with Crippen LogP contribution in [0.5, 0.6) is 0 Å². The van der Waals surface area contributed by atoms with E-state index >= 15 is 0 Å². The van der Waals surface area contributed by atoms with Crippen LogP contribution >= 0.6 is 0 Å². The van der Waals surface area contributed by atoms with E-state index in [1.165, 1.54) is 0 Å². The number of hydrogen-bond donors (Lipinski definition) is 1. The van der Waals surface area contributed by atoms with Crippen molar-refractivity contribution in [1.29, 1.82) is 0 Å². The highest BCUT2D eigenvalue weighted by atomic mass is 16.3. The summed E-state index contributed by atoms with van der Waals surface area (Å²) in [5.74, 6) is 0.518. The average Bonchev–Trinajstić information content (AvgIpc) is 2.06. The van der Waals surface area contributed by atoms with E-state index in [-0.39, 0.29) is 6.61 Å². The molecule has 0 aliphatic heterocycles. The first-order chi connectivity index (χ1) is 5.83. The Labute approximate surface area is 73.3 Å². The van der Waals surface area contributed by atoms with Crippen molar-refractivity contribution in [3.05, 3.63) is 30.1 Å². The van der Waals surface area contributed by atoms with Crippen LogP contribution in [0, 0.1) is 5.92 Å². The van der Waals surface area contributed by atoms with Crippen molar-refractivity contribution in [1.82, 2.24) is 4.98 Å². The molecule has 0 fully saturated rings. The summed E-state index contributed by atoms with van der Waals surface area (Å²) in [7, 11) is 0. The van der Waals surface area contributed by atoms with E-state index in [0.29, 0.717) is 5.92 Å². The molecule has 0 radical (unpaired) electrons. The number of nitrogens with zero attached hydrogens (tertiary/aromatic N) is 1. The number of aliphatic hydroxyl groups excluding tert-OH is 1. The molecule has 0 aromatic carbocycles. The molecule has 2 heteroatoms. The second-order valence-electron chi connectivity index (χ2n) is 3.14. The molecule has 0 saturated heterocycles. The molecule has 0 aliphatic rings. The maximum atomic E-state index is 8.69. The third-order valence-electron chi connectivity index (χ3n) is 1.91. The molecule has 2 nitrogen and oxygen atoms in total. The van der Waals surface area contributed by atoms with Crippen LogP contribution in [0.25, 0.3) is 0 Å². The van der Waals surface area contributed by atoms with Crippen LogP contribution in [0.15, 0.2) is 24.4 Å². The van der Waals surface area contributed by atoms with Crippen molar-refractivity contribution in [3.8, 4) is 0 Å². The van der Waals surface area contributed by atoms with Crippen LogP contribution in [-0.2, 0) is 6.42 Å². The van der Waals surface area contributed by atoms with Gasteiger partial charge in [-0.15, -0.1) is 0 Å². The molecule has 0 bridgehead atoms. The average molecular weight is 165 g/mol. The standard InChI is InChI=1S/C10H15NO/c1-9(5-7-12)8-10-4-2-3-6-11-10/h2-4,6,9,12H,5,7-8H2,1H3. The quantitative estimate of drug-likeness (QED) is 0.735. The van der Waals surface area contributed by atoms with Crippen LogP contribution in [0.2, 0.25) is 0 Å². The van der Waals surface area contributed by atoms with Gasteiger partial charge in [0.25, 0.3) is 0 Å². The number of pyridine rings is 1. The smallest absolute Gasteiger partial charge is 0.0433 e. The summed E-state index contributed by atoms with van der Waals surface area (Å²) < 4.78 is 0. The van der Waals surface area contributed by atoms with Crippen molar-refractivity contribution < 1.29 is 5.11 Å². The minimum atomic E-state index is 0.272. The Balaban J connectivity index is 2.41. The predicted molar refractivity (Wildman–Crippen MR) is 48.8 cm³/mol. The highest BCUT2D eigenvalue weighted by molar-refractivity contribution is 5.03. The van der Waals surface area contributed by atoms with Crippen molar-refractivity contribution in [2.75, 3.05) is 6.61 Å². The van der Waals surface area contributed by atoms with Gasteiger partial charge in [0.15, 0.2) is 0 Å². The van der Waals surface area contributed by atoms with Gasteiger partial charge in [-0.3, -0.25) is 4.98 Å². The van der Waals surface area contributed by atoms with E-state index in [1.54, 1.807) is 6.20 Å². The Hall–Kier alpha value is -0.890. The van der Waals surface area contributed by atoms with E-state index < -0.39 is 0 Å². The Kier molecular flexibility index (Phi) is 3.74. The van der Waals surface area contributed by atoms with Gasteiger partial charge in [-0.1, -0.05) is 13.0 Å². The summed E-state index contributed by atoms with van der Waals surface area (Å²) in [6.07, 6.45) is 3.62. The lowest BCUT2D eigenvalue weighted by atomic mass is 10.0. The molecule has 0 spiro atoms. The first-order valence-corrected chi connectivity index (χ1v) is 4.33. The zero-order valence-electron chi connectivity index (χ0n) is 7.40. The van der Waals surface area contributed by atoms with Gasteiger partial charge in [-0.2, -0.15) is 0 Å². The van der Waals surface area contributed by atoms with Crippen LogP contribution in [0.3, 0.4) is 0 Å².